The Morgan fingerprint density at radius 1 is 1.45 bits per heavy atom. The highest BCUT2D eigenvalue weighted by Gasteiger charge is 2.18. The number of nitrogens with two attached hydrogens (primary N) is 1. The number of nitrogen functional groups attached to an aromatic ring is 1. The van der Waals surface area contributed by atoms with Gasteiger partial charge < -0.3 is 20.3 Å². The van der Waals surface area contributed by atoms with Crippen LogP contribution in [0.4, 0.5) is 10.2 Å². The van der Waals surface area contributed by atoms with Crippen molar-refractivity contribution in [1.29, 1.82) is 0 Å². The molecule has 22 heavy (non-hydrogen) atoms. The van der Waals surface area contributed by atoms with Gasteiger partial charge in [0.2, 0.25) is 0 Å². The summed E-state index contributed by atoms with van der Waals surface area (Å²) < 4.78 is 29.9. The van der Waals surface area contributed by atoms with E-state index in [4.69, 9.17) is 20.3 Å². The van der Waals surface area contributed by atoms with Gasteiger partial charge in [-0.15, -0.1) is 0 Å². The second-order valence-corrected chi connectivity index (χ2v) is 6.35. The van der Waals surface area contributed by atoms with Crippen LogP contribution >= 0.6 is 7.60 Å². The van der Waals surface area contributed by atoms with Crippen LogP contribution in [-0.4, -0.2) is 48.5 Å². The maximum atomic E-state index is 12.8. The maximum absolute atomic E-state index is 12.8. The lowest BCUT2D eigenvalue weighted by molar-refractivity contribution is 0.0486. The van der Waals surface area contributed by atoms with Crippen LogP contribution in [0.15, 0.2) is 12.5 Å². The van der Waals surface area contributed by atoms with E-state index in [1.165, 1.54) is 6.33 Å². The standard InChI is InChI=1S/C11H17FN5O4P/c12-4-9(21-7-22(18,19)20)3-1-2-8-5-14-11-10(13)15-6-16-17(8)11/h5-6,9H,1-4,7H2,(H2,13,15,16)(H2,18,19,20). The molecular weight excluding hydrogens is 316 g/mol. The number of hydrogen-bond donors (Lipinski definition) is 3. The molecule has 2 aromatic heterocycles. The van der Waals surface area contributed by atoms with Crippen molar-refractivity contribution >= 4 is 19.1 Å². The van der Waals surface area contributed by atoms with E-state index in [0.29, 0.717) is 24.9 Å². The van der Waals surface area contributed by atoms with Crippen molar-refractivity contribution in [3.8, 4) is 0 Å². The fourth-order valence-corrected chi connectivity index (χ4v) is 2.38. The van der Waals surface area contributed by atoms with Gasteiger partial charge in [-0.05, 0) is 19.3 Å². The van der Waals surface area contributed by atoms with Crippen molar-refractivity contribution in [2.45, 2.75) is 25.4 Å². The largest absolute Gasteiger partial charge is 0.381 e. The topological polar surface area (TPSA) is 136 Å². The molecule has 0 aliphatic heterocycles. The van der Waals surface area contributed by atoms with Crippen molar-refractivity contribution in [3.63, 3.8) is 0 Å². The summed E-state index contributed by atoms with van der Waals surface area (Å²) in [5, 5.41) is 4.04. The van der Waals surface area contributed by atoms with Crippen LogP contribution in [0.2, 0.25) is 0 Å². The number of alkyl halides is 1. The lowest BCUT2D eigenvalue weighted by Crippen LogP contribution is -2.16. The van der Waals surface area contributed by atoms with E-state index >= 15 is 0 Å². The highest BCUT2D eigenvalue weighted by molar-refractivity contribution is 7.51. The highest BCUT2D eigenvalue weighted by atomic mass is 31.2. The molecule has 11 heteroatoms. The zero-order valence-corrected chi connectivity index (χ0v) is 12.6. The minimum atomic E-state index is -4.28. The second kappa shape index (κ2) is 7.10. The maximum Gasteiger partial charge on any atom is 0.350 e. The molecule has 0 spiro atoms. The summed E-state index contributed by atoms with van der Waals surface area (Å²) >= 11 is 0. The molecular formula is C11H17FN5O4P. The van der Waals surface area contributed by atoms with Crippen molar-refractivity contribution in [2.24, 2.45) is 0 Å². The van der Waals surface area contributed by atoms with E-state index in [9.17, 15) is 8.96 Å². The summed E-state index contributed by atoms with van der Waals surface area (Å²) in [6.45, 7) is -0.803. The van der Waals surface area contributed by atoms with Gasteiger partial charge in [-0.2, -0.15) is 5.10 Å². The number of fused-ring (bicyclic) bond motifs is 1. The molecule has 0 saturated heterocycles. The molecule has 0 amide bonds. The van der Waals surface area contributed by atoms with Gasteiger partial charge in [0.1, 0.15) is 19.3 Å². The molecule has 2 rings (SSSR count). The number of nitrogens with zero attached hydrogens (tertiary/aromatic N) is 4. The van der Waals surface area contributed by atoms with Gasteiger partial charge in [0, 0.05) is 0 Å². The minimum Gasteiger partial charge on any atom is -0.381 e. The Kier molecular flexibility index (Phi) is 5.41. The number of hydrogen-bond acceptors (Lipinski definition) is 6. The highest BCUT2D eigenvalue weighted by Crippen LogP contribution is 2.34. The van der Waals surface area contributed by atoms with E-state index in [1.807, 2.05) is 0 Å². The summed E-state index contributed by atoms with van der Waals surface area (Å²) in [7, 11) is -4.28. The molecule has 0 radical (unpaired) electrons. The number of imidazole rings is 1. The third-order valence-electron chi connectivity index (χ3n) is 3.01. The number of aryl methyl sites for hydroxylation is 1. The molecule has 0 aliphatic carbocycles. The smallest absolute Gasteiger partial charge is 0.350 e. The lowest BCUT2D eigenvalue weighted by Gasteiger charge is -2.14. The average Bonchev–Trinajstić information content (AvgIpc) is 2.86. The quantitative estimate of drug-likeness (QED) is 0.595. The molecule has 0 aromatic carbocycles. The van der Waals surface area contributed by atoms with E-state index in [2.05, 4.69) is 15.1 Å². The van der Waals surface area contributed by atoms with Crippen LogP contribution in [0.3, 0.4) is 0 Å². The summed E-state index contributed by atoms with van der Waals surface area (Å²) in [6, 6.07) is 0. The van der Waals surface area contributed by atoms with E-state index in [0.717, 1.165) is 5.69 Å². The van der Waals surface area contributed by atoms with E-state index in [1.54, 1.807) is 10.7 Å². The molecule has 2 heterocycles. The fraction of sp³-hybridized carbons (Fsp3) is 0.545. The van der Waals surface area contributed by atoms with Gasteiger partial charge >= 0.3 is 7.60 Å². The van der Waals surface area contributed by atoms with Crippen molar-refractivity contribution < 1.29 is 23.5 Å². The van der Waals surface area contributed by atoms with Crippen molar-refractivity contribution in [3.05, 3.63) is 18.2 Å². The van der Waals surface area contributed by atoms with Crippen LogP contribution < -0.4 is 5.73 Å². The predicted octanol–water partition coefficient (Wildman–Crippen LogP) is 0.519. The summed E-state index contributed by atoms with van der Waals surface area (Å²) in [4.78, 5) is 25.4. The Bertz CT molecular complexity index is 676. The first-order valence-corrected chi connectivity index (χ1v) is 8.35. The van der Waals surface area contributed by atoms with Crippen LogP contribution in [0.1, 0.15) is 18.5 Å². The third-order valence-corrected chi connectivity index (χ3v) is 3.50. The molecule has 2 aromatic rings. The molecule has 0 saturated carbocycles. The Morgan fingerprint density at radius 2 is 2.23 bits per heavy atom. The Labute approximate surface area is 125 Å². The van der Waals surface area contributed by atoms with Gasteiger partial charge in [0.25, 0.3) is 0 Å². The lowest BCUT2D eigenvalue weighted by atomic mass is 10.1. The van der Waals surface area contributed by atoms with Crippen LogP contribution in [0, 0.1) is 0 Å². The SMILES string of the molecule is Nc1ncnn2c(CCCC(CF)OCP(=O)(O)O)cnc12. The number of rotatable bonds is 8. The van der Waals surface area contributed by atoms with E-state index < -0.39 is 26.7 Å². The number of ether oxygens (including phenoxy) is 1. The summed E-state index contributed by atoms with van der Waals surface area (Å²) in [5.41, 5.74) is 6.91. The predicted molar refractivity (Wildman–Crippen MR) is 75.9 cm³/mol. The molecule has 9 nitrogen and oxygen atoms in total. The molecule has 1 unspecified atom stereocenters. The third kappa shape index (κ3) is 4.44. The van der Waals surface area contributed by atoms with Gasteiger partial charge in [0.15, 0.2) is 11.5 Å². The zero-order valence-electron chi connectivity index (χ0n) is 11.7. The van der Waals surface area contributed by atoms with Gasteiger partial charge in [-0.3, -0.25) is 4.57 Å². The zero-order chi connectivity index (χ0) is 16.2. The Morgan fingerprint density at radius 3 is 2.91 bits per heavy atom. The van der Waals surface area contributed by atoms with Crippen molar-refractivity contribution in [2.75, 3.05) is 18.8 Å². The first-order valence-electron chi connectivity index (χ1n) is 6.56. The molecule has 4 N–H and O–H groups in total. The molecule has 0 fully saturated rings. The van der Waals surface area contributed by atoms with E-state index in [-0.39, 0.29) is 5.82 Å². The number of halogens is 1. The van der Waals surface area contributed by atoms with Crippen LogP contribution in [0.25, 0.3) is 5.65 Å². The van der Waals surface area contributed by atoms with Crippen molar-refractivity contribution in [1.82, 2.24) is 19.6 Å². The van der Waals surface area contributed by atoms with Crippen LogP contribution in [0.5, 0.6) is 0 Å². The summed E-state index contributed by atoms with van der Waals surface area (Å²) in [5.74, 6) is 0.271. The number of aromatic nitrogens is 4. The van der Waals surface area contributed by atoms with Gasteiger partial charge in [-0.1, -0.05) is 0 Å². The Hall–Kier alpha value is -1.61. The molecule has 0 aliphatic rings. The Balaban J connectivity index is 1.89. The molecule has 0 bridgehead atoms. The molecule has 1 atom stereocenters. The monoisotopic (exact) mass is 333 g/mol. The molecule has 122 valence electrons. The first-order chi connectivity index (χ1) is 10.4. The summed E-state index contributed by atoms with van der Waals surface area (Å²) in [6.07, 6.45) is 2.74. The number of anilines is 1. The average molecular weight is 333 g/mol. The normalized spacial score (nSPS) is 13.6. The minimum absolute atomic E-state index is 0.271. The fourth-order valence-electron chi connectivity index (χ4n) is 1.97. The van der Waals surface area contributed by atoms with Gasteiger partial charge in [-0.25, -0.2) is 18.9 Å². The van der Waals surface area contributed by atoms with Gasteiger partial charge in [0.05, 0.1) is 18.0 Å². The van der Waals surface area contributed by atoms with Crippen LogP contribution in [-0.2, 0) is 15.7 Å². The first kappa shape index (κ1) is 16.8. The second-order valence-electron chi connectivity index (χ2n) is 4.76.